The molecule has 2 aromatic rings. The predicted molar refractivity (Wildman–Crippen MR) is 71.1 cm³/mol. The Hall–Kier alpha value is -1.26. The zero-order chi connectivity index (χ0) is 12.4. The predicted octanol–water partition coefficient (Wildman–Crippen LogP) is 3.32. The number of benzene rings is 1. The molecule has 3 rings (SSSR count). The van der Waals surface area contributed by atoms with Crippen LogP contribution in [0.25, 0.3) is 0 Å². The SMILES string of the molecule is Fc1cccc(C2CC(NCc3cscn3)C2)c1. The van der Waals surface area contributed by atoms with Crippen molar-refractivity contribution in [1.82, 2.24) is 10.3 Å². The van der Waals surface area contributed by atoms with Gasteiger partial charge < -0.3 is 5.32 Å². The van der Waals surface area contributed by atoms with Gasteiger partial charge in [-0.1, -0.05) is 12.1 Å². The third-order valence-corrected chi connectivity index (χ3v) is 4.15. The lowest BCUT2D eigenvalue weighted by atomic mass is 9.76. The molecule has 94 valence electrons. The third-order valence-electron chi connectivity index (χ3n) is 3.51. The molecule has 0 radical (unpaired) electrons. The van der Waals surface area contributed by atoms with E-state index in [2.05, 4.69) is 15.7 Å². The molecule has 0 saturated heterocycles. The summed E-state index contributed by atoms with van der Waals surface area (Å²) in [6, 6.07) is 7.51. The minimum Gasteiger partial charge on any atom is -0.308 e. The summed E-state index contributed by atoms with van der Waals surface area (Å²) in [4.78, 5) is 4.24. The Morgan fingerprint density at radius 1 is 1.39 bits per heavy atom. The zero-order valence-corrected chi connectivity index (χ0v) is 10.8. The molecule has 0 aliphatic heterocycles. The number of thiazole rings is 1. The van der Waals surface area contributed by atoms with E-state index >= 15 is 0 Å². The summed E-state index contributed by atoms with van der Waals surface area (Å²) in [5.74, 6) is 0.375. The fourth-order valence-corrected chi connectivity index (χ4v) is 2.95. The first-order valence-corrected chi connectivity index (χ1v) is 7.11. The van der Waals surface area contributed by atoms with Crippen LogP contribution in [0, 0.1) is 5.82 Å². The number of aromatic nitrogens is 1. The minimum atomic E-state index is -0.133. The summed E-state index contributed by atoms with van der Waals surface area (Å²) in [7, 11) is 0. The second-order valence-corrected chi connectivity index (χ2v) is 5.50. The second-order valence-electron chi connectivity index (χ2n) is 4.78. The molecule has 18 heavy (non-hydrogen) atoms. The normalized spacial score (nSPS) is 22.7. The largest absolute Gasteiger partial charge is 0.308 e. The smallest absolute Gasteiger partial charge is 0.123 e. The third kappa shape index (κ3) is 2.60. The number of halogens is 1. The maximum atomic E-state index is 13.1. The molecule has 4 heteroatoms. The molecule has 0 unspecified atom stereocenters. The van der Waals surface area contributed by atoms with Gasteiger partial charge in [-0.25, -0.2) is 9.37 Å². The van der Waals surface area contributed by atoms with Crippen molar-refractivity contribution in [3.63, 3.8) is 0 Å². The van der Waals surface area contributed by atoms with Crippen molar-refractivity contribution in [2.45, 2.75) is 31.3 Å². The molecule has 0 spiro atoms. The van der Waals surface area contributed by atoms with Crippen LogP contribution in [-0.2, 0) is 6.54 Å². The van der Waals surface area contributed by atoms with Crippen LogP contribution in [-0.4, -0.2) is 11.0 Å². The first-order chi connectivity index (χ1) is 8.81. The molecular formula is C14H15FN2S. The summed E-state index contributed by atoms with van der Waals surface area (Å²) in [5, 5.41) is 5.55. The first-order valence-electron chi connectivity index (χ1n) is 6.17. The van der Waals surface area contributed by atoms with Gasteiger partial charge in [0, 0.05) is 18.0 Å². The van der Waals surface area contributed by atoms with Crippen molar-refractivity contribution < 1.29 is 4.39 Å². The highest BCUT2D eigenvalue weighted by atomic mass is 32.1. The fourth-order valence-electron chi connectivity index (χ4n) is 2.39. The number of hydrogen-bond donors (Lipinski definition) is 1. The van der Waals surface area contributed by atoms with Gasteiger partial charge in [-0.3, -0.25) is 0 Å². The Bertz CT molecular complexity index is 506. The van der Waals surface area contributed by atoms with E-state index in [9.17, 15) is 4.39 Å². The van der Waals surface area contributed by atoms with Crippen LogP contribution in [0.15, 0.2) is 35.2 Å². The monoisotopic (exact) mass is 262 g/mol. The van der Waals surface area contributed by atoms with Crippen molar-refractivity contribution in [2.24, 2.45) is 0 Å². The van der Waals surface area contributed by atoms with Crippen LogP contribution in [0.3, 0.4) is 0 Å². The Balaban J connectivity index is 1.48. The molecule has 0 amide bonds. The van der Waals surface area contributed by atoms with E-state index in [1.54, 1.807) is 23.5 Å². The number of rotatable bonds is 4. The molecule has 1 aliphatic rings. The van der Waals surface area contributed by atoms with Gasteiger partial charge in [0.2, 0.25) is 0 Å². The summed E-state index contributed by atoms with van der Waals surface area (Å²) in [5.41, 5.74) is 4.09. The van der Waals surface area contributed by atoms with Gasteiger partial charge in [-0.15, -0.1) is 11.3 Å². The summed E-state index contributed by atoms with van der Waals surface area (Å²) in [6.07, 6.45) is 2.18. The van der Waals surface area contributed by atoms with Gasteiger partial charge in [0.15, 0.2) is 0 Å². The molecular weight excluding hydrogens is 247 g/mol. The Kier molecular flexibility index (Phi) is 3.39. The summed E-state index contributed by atoms with van der Waals surface area (Å²) in [6.45, 7) is 0.837. The summed E-state index contributed by atoms with van der Waals surface area (Å²) < 4.78 is 13.1. The minimum absolute atomic E-state index is 0.133. The van der Waals surface area contributed by atoms with E-state index < -0.39 is 0 Å². The standard InChI is InChI=1S/C14H15FN2S/c15-12-3-1-2-10(4-12)11-5-13(6-11)16-7-14-8-18-9-17-14/h1-4,8-9,11,13,16H,5-7H2. The van der Waals surface area contributed by atoms with Crippen molar-refractivity contribution in [3.05, 3.63) is 52.2 Å². The molecule has 1 aromatic heterocycles. The molecule has 2 nitrogen and oxygen atoms in total. The fraction of sp³-hybridized carbons (Fsp3) is 0.357. The average Bonchev–Trinajstić information content (AvgIpc) is 2.80. The van der Waals surface area contributed by atoms with E-state index in [-0.39, 0.29) is 5.82 Å². The first kappa shape index (κ1) is 11.8. The molecule has 1 N–H and O–H groups in total. The van der Waals surface area contributed by atoms with Crippen LogP contribution in [0.2, 0.25) is 0 Å². The van der Waals surface area contributed by atoms with Gasteiger partial charge in [0.25, 0.3) is 0 Å². The van der Waals surface area contributed by atoms with E-state index in [0.717, 1.165) is 30.6 Å². The number of nitrogens with one attached hydrogen (secondary N) is 1. The van der Waals surface area contributed by atoms with Crippen LogP contribution in [0.5, 0.6) is 0 Å². The highest BCUT2D eigenvalue weighted by Crippen LogP contribution is 2.37. The van der Waals surface area contributed by atoms with E-state index in [1.165, 1.54) is 6.07 Å². The van der Waals surface area contributed by atoms with Crippen LogP contribution in [0.4, 0.5) is 4.39 Å². The molecule has 1 aliphatic carbocycles. The van der Waals surface area contributed by atoms with Gasteiger partial charge in [-0.2, -0.15) is 0 Å². The lowest BCUT2D eigenvalue weighted by molar-refractivity contribution is 0.288. The Morgan fingerprint density at radius 2 is 2.28 bits per heavy atom. The van der Waals surface area contributed by atoms with Crippen molar-refractivity contribution >= 4 is 11.3 Å². The Morgan fingerprint density at radius 3 is 3.00 bits per heavy atom. The van der Waals surface area contributed by atoms with Crippen molar-refractivity contribution in [3.8, 4) is 0 Å². The quantitative estimate of drug-likeness (QED) is 0.914. The van der Waals surface area contributed by atoms with E-state index in [0.29, 0.717) is 12.0 Å². The van der Waals surface area contributed by atoms with Gasteiger partial charge in [-0.05, 0) is 36.5 Å². The van der Waals surface area contributed by atoms with E-state index in [1.807, 2.05) is 11.6 Å². The molecule has 1 fully saturated rings. The number of hydrogen-bond acceptors (Lipinski definition) is 3. The topological polar surface area (TPSA) is 24.9 Å². The molecule has 1 saturated carbocycles. The number of nitrogens with zero attached hydrogens (tertiary/aromatic N) is 1. The lowest BCUT2D eigenvalue weighted by Crippen LogP contribution is -2.39. The van der Waals surface area contributed by atoms with Gasteiger partial charge in [0.05, 0.1) is 11.2 Å². The second kappa shape index (κ2) is 5.16. The molecule has 0 atom stereocenters. The lowest BCUT2D eigenvalue weighted by Gasteiger charge is -2.36. The van der Waals surface area contributed by atoms with Gasteiger partial charge in [0.1, 0.15) is 5.82 Å². The zero-order valence-electron chi connectivity index (χ0n) is 9.97. The highest BCUT2D eigenvalue weighted by molar-refractivity contribution is 7.07. The maximum Gasteiger partial charge on any atom is 0.123 e. The molecule has 0 bridgehead atoms. The maximum absolute atomic E-state index is 13.1. The van der Waals surface area contributed by atoms with Crippen LogP contribution in [0.1, 0.15) is 30.0 Å². The molecule has 1 heterocycles. The van der Waals surface area contributed by atoms with Gasteiger partial charge >= 0.3 is 0 Å². The van der Waals surface area contributed by atoms with E-state index in [4.69, 9.17) is 0 Å². The Labute approximate surface area is 110 Å². The van der Waals surface area contributed by atoms with Crippen LogP contribution >= 0.6 is 11.3 Å². The molecule has 1 aromatic carbocycles. The van der Waals surface area contributed by atoms with Crippen molar-refractivity contribution in [1.29, 1.82) is 0 Å². The average molecular weight is 262 g/mol. The van der Waals surface area contributed by atoms with Crippen molar-refractivity contribution in [2.75, 3.05) is 0 Å². The highest BCUT2D eigenvalue weighted by Gasteiger charge is 2.29. The van der Waals surface area contributed by atoms with Crippen LogP contribution < -0.4 is 5.32 Å². The summed E-state index contributed by atoms with van der Waals surface area (Å²) >= 11 is 1.62.